The summed E-state index contributed by atoms with van der Waals surface area (Å²) < 4.78 is 10.8. The van der Waals surface area contributed by atoms with Gasteiger partial charge in [-0.25, -0.2) is 4.98 Å². The number of hydrogen-bond donors (Lipinski definition) is 2. The Hall–Kier alpha value is -4.33. The summed E-state index contributed by atoms with van der Waals surface area (Å²) in [7, 11) is 1.50. The molecule has 0 spiro atoms. The summed E-state index contributed by atoms with van der Waals surface area (Å²) in [5.41, 5.74) is 1.61. The Labute approximate surface area is 176 Å². The first-order valence-electron chi connectivity index (χ1n) is 9.52. The van der Waals surface area contributed by atoms with Crippen molar-refractivity contribution >= 4 is 34.4 Å². The summed E-state index contributed by atoms with van der Waals surface area (Å²) in [5, 5.41) is 11.1. The van der Waals surface area contributed by atoms with Crippen molar-refractivity contribution in [2.45, 2.75) is 6.04 Å². The van der Waals surface area contributed by atoms with Gasteiger partial charge in [0.15, 0.2) is 0 Å². The molecule has 31 heavy (non-hydrogen) atoms. The van der Waals surface area contributed by atoms with E-state index in [1.54, 1.807) is 42.5 Å². The minimum absolute atomic E-state index is 0.0892. The lowest BCUT2D eigenvalue weighted by Gasteiger charge is -2.20. The normalized spacial score (nSPS) is 18.1. The predicted octanol–water partition coefficient (Wildman–Crippen LogP) is 3.79. The van der Waals surface area contributed by atoms with Crippen LogP contribution in [0.1, 0.15) is 17.4 Å². The number of methoxy groups -OCH3 is 1. The van der Waals surface area contributed by atoms with Crippen molar-refractivity contribution in [3.63, 3.8) is 0 Å². The summed E-state index contributed by atoms with van der Waals surface area (Å²) in [4.78, 5) is 34.9. The van der Waals surface area contributed by atoms with Gasteiger partial charge in [-0.05, 0) is 36.4 Å². The molecule has 0 radical (unpaired) electrons. The molecule has 0 bridgehead atoms. The van der Waals surface area contributed by atoms with Gasteiger partial charge in [-0.15, -0.1) is 0 Å². The first-order chi connectivity index (χ1) is 15.1. The number of rotatable bonds is 4. The van der Waals surface area contributed by atoms with E-state index in [0.29, 0.717) is 28.1 Å². The minimum Gasteiger partial charge on any atom is -0.507 e. The fourth-order valence-corrected chi connectivity index (χ4v) is 3.75. The number of hydrogen-bond acceptors (Lipinski definition) is 6. The van der Waals surface area contributed by atoms with Crippen molar-refractivity contribution in [3.8, 4) is 5.75 Å². The average molecular weight is 415 g/mol. The van der Waals surface area contributed by atoms with Crippen molar-refractivity contribution < 1.29 is 23.8 Å². The number of carbonyl (C=O) groups excluding carboxylic acids is 2. The van der Waals surface area contributed by atoms with Gasteiger partial charge in [0.25, 0.3) is 5.78 Å². The Kier molecular flexibility index (Phi) is 4.32. The third-order valence-corrected chi connectivity index (χ3v) is 5.21. The number of aliphatic hydroxyl groups is 1. The standard InChI is InChI=1S/C23H17N3O5/c1-30-14-7-4-6-13(12-14)20(27)18-19(17-10-5-11-31-17)26(22(29)21(18)28)23-24-15-8-2-3-9-16(15)25-23/h2-12,19,27H,1H3,(H,24,25)/b20-18+. The summed E-state index contributed by atoms with van der Waals surface area (Å²) in [5.74, 6) is -0.951. The Morgan fingerprint density at radius 1 is 1.13 bits per heavy atom. The second-order valence-electron chi connectivity index (χ2n) is 6.99. The molecule has 2 aromatic carbocycles. The number of carbonyl (C=O) groups is 2. The maximum atomic E-state index is 13.1. The number of ether oxygens (including phenoxy) is 1. The van der Waals surface area contributed by atoms with Crippen LogP contribution >= 0.6 is 0 Å². The highest BCUT2D eigenvalue weighted by atomic mass is 16.5. The number of ketones is 1. The lowest BCUT2D eigenvalue weighted by Crippen LogP contribution is -2.30. The van der Waals surface area contributed by atoms with Gasteiger partial charge in [0.1, 0.15) is 23.3 Å². The number of Topliss-reactive ketones (excluding diaryl/α,β-unsaturated/α-hetero) is 1. The third kappa shape index (κ3) is 2.96. The van der Waals surface area contributed by atoms with Crippen LogP contribution in [0.25, 0.3) is 16.8 Å². The minimum atomic E-state index is -0.984. The molecule has 2 aromatic heterocycles. The molecule has 1 aliphatic rings. The molecule has 4 aromatic rings. The van der Waals surface area contributed by atoms with Gasteiger partial charge in [0.05, 0.1) is 30.0 Å². The molecule has 154 valence electrons. The van der Waals surface area contributed by atoms with Gasteiger partial charge in [0.2, 0.25) is 5.95 Å². The fourth-order valence-electron chi connectivity index (χ4n) is 3.75. The van der Waals surface area contributed by atoms with Crippen LogP contribution in [0.4, 0.5) is 5.95 Å². The zero-order valence-electron chi connectivity index (χ0n) is 16.4. The molecule has 1 aliphatic heterocycles. The lowest BCUT2D eigenvalue weighted by atomic mass is 9.99. The number of amides is 1. The third-order valence-electron chi connectivity index (χ3n) is 5.21. The molecule has 3 heterocycles. The monoisotopic (exact) mass is 415 g/mol. The van der Waals surface area contributed by atoms with Crippen molar-refractivity contribution in [2.24, 2.45) is 0 Å². The molecule has 2 N–H and O–H groups in total. The number of anilines is 1. The van der Waals surface area contributed by atoms with Crippen LogP contribution in [0.2, 0.25) is 0 Å². The van der Waals surface area contributed by atoms with Crippen LogP contribution in [-0.4, -0.2) is 33.9 Å². The molecular formula is C23H17N3O5. The molecule has 8 nitrogen and oxygen atoms in total. The molecular weight excluding hydrogens is 398 g/mol. The highest BCUT2D eigenvalue weighted by Gasteiger charge is 2.49. The van der Waals surface area contributed by atoms with Crippen molar-refractivity contribution in [2.75, 3.05) is 12.0 Å². The molecule has 1 unspecified atom stereocenters. The van der Waals surface area contributed by atoms with Gasteiger partial charge in [-0.3, -0.25) is 14.5 Å². The number of para-hydroxylation sites is 2. The molecule has 8 heteroatoms. The zero-order valence-corrected chi connectivity index (χ0v) is 16.4. The molecule has 5 rings (SSSR count). The fraction of sp³-hybridized carbons (Fsp3) is 0.0870. The second kappa shape index (κ2) is 7.17. The number of aliphatic hydroxyl groups excluding tert-OH is 1. The van der Waals surface area contributed by atoms with Crippen LogP contribution in [0.5, 0.6) is 5.75 Å². The van der Waals surface area contributed by atoms with Gasteiger partial charge >= 0.3 is 5.91 Å². The SMILES string of the molecule is COc1cccc(/C(O)=C2\C(=O)C(=O)N(c3nc4ccccc4[nH]3)C2c2ccco2)c1. The van der Waals surface area contributed by atoms with E-state index in [1.165, 1.54) is 18.3 Å². The van der Waals surface area contributed by atoms with Gasteiger partial charge in [-0.2, -0.15) is 0 Å². The average Bonchev–Trinajstić information content (AvgIpc) is 3.52. The number of nitrogens with zero attached hydrogens (tertiary/aromatic N) is 2. The van der Waals surface area contributed by atoms with Crippen molar-refractivity contribution in [1.82, 2.24) is 9.97 Å². The number of nitrogens with one attached hydrogen (secondary N) is 1. The number of aromatic amines is 1. The molecule has 1 atom stereocenters. The highest BCUT2D eigenvalue weighted by Crippen LogP contribution is 2.42. The number of benzene rings is 2. The summed E-state index contributed by atoms with van der Waals surface area (Å²) >= 11 is 0. The smallest absolute Gasteiger partial charge is 0.302 e. The quantitative estimate of drug-likeness (QED) is 0.298. The summed E-state index contributed by atoms with van der Waals surface area (Å²) in [6, 6.07) is 16.2. The van der Waals surface area contributed by atoms with Gasteiger partial charge in [0, 0.05) is 5.56 Å². The van der Waals surface area contributed by atoms with Crippen LogP contribution in [0.15, 0.2) is 76.9 Å². The predicted molar refractivity (Wildman–Crippen MR) is 113 cm³/mol. The maximum Gasteiger partial charge on any atom is 0.302 e. The van der Waals surface area contributed by atoms with E-state index in [-0.39, 0.29) is 17.3 Å². The topological polar surface area (TPSA) is 109 Å². The second-order valence-corrected chi connectivity index (χ2v) is 6.99. The first-order valence-corrected chi connectivity index (χ1v) is 9.52. The zero-order chi connectivity index (χ0) is 21.5. The number of furan rings is 1. The van der Waals surface area contributed by atoms with Gasteiger partial charge in [-0.1, -0.05) is 24.3 Å². The van der Waals surface area contributed by atoms with Crippen molar-refractivity contribution in [3.05, 3.63) is 83.8 Å². The molecule has 0 saturated carbocycles. The van der Waals surface area contributed by atoms with E-state index in [9.17, 15) is 14.7 Å². The summed E-state index contributed by atoms with van der Waals surface area (Å²) in [6.07, 6.45) is 1.44. The lowest BCUT2D eigenvalue weighted by molar-refractivity contribution is -0.132. The van der Waals surface area contributed by atoms with E-state index < -0.39 is 17.7 Å². The van der Waals surface area contributed by atoms with Crippen LogP contribution in [0.3, 0.4) is 0 Å². The maximum absolute atomic E-state index is 13.1. The van der Waals surface area contributed by atoms with E-state index in [2.05, 4.69) is 9.97 Å². The van der Waals surface area contributed by atoms with Crippen LogP contribution in [0, 0.1) is 0 Å². The van der Waals surface area contributed by atoms with Crippen molar-refractivity contribution in [1.29, 1.82) is 0 Å². The molecule has 1 fully saturated rings. The largest absolute Gasteiger partial charge is 0.507 e. The van der Waals surface area contributed by atoms with Gasteiger partial charge < -0.3 is 19.2 Å². The molecule has 0 aliphatic carbocycles. The molecule has 1 amide bonds. The van der Waals surface area contributed by atoms with E-state index in [4.69, 9.17) is 9.15 Å². The Morgan fingerprint density at radius 2 is 1.97 bits per heavy atom. The number of fused-ring (bicyclic) bond motifs is 1. The van der Waals surface area contributed by atoms with Crippen LogP contribution < -0.4 is 9.64 Å². The highest BCUT2D eigenvalue weighted by molar-refractivity contribution is 6.51. The van der Waals surface area contributed by atoms with E-state index in [0.717, 1.165) is 0 Å². The summed E-state index contributed by atoms with van der Waals surface area (Å²) in [6.45, 7) is 0. The first kappa shape index (κ1) is 18.7. The number of H-pyrrole nitrogens is 1. The van der Waals surface area contributed by atoms with Crippen LogP contribution in [-0.2, 0) is 9.59 Å². The Morgan fingerprint density at radius 3 is 2.71 bits per heavy atom. The molecule has 1 saturated heterocycles. The van der Waals surface area contributed by atoms with E-state index >= 15 is 0 Å². The Balaban J connectivity index is 1.71. The number of aromatic nitrogens is 2. The number of imidazole rings is 1. The van der Waals surface area contributed by atoms with E-state index in [1.807, 2.05) is 18.2 Å². The Bertz CT molecular complexity index is 1300.